The maximum atomic E-state index is 13.7. The average Bonchev–Trinajstić information content (AvgIpc) is 2.97. The second-order valence-corrected chi connectivity index (χ2v) is 12.4. The molecule has 4 N–H and O–H groups in total. The number of hydrogen-bond acceptors (Lipinski definition) is 7. The van der Waals surface area contributed by atoms with Crippen molar-refractivity contribution < 1.29 is 24.2 Å². The third-order valence-corrected chi connectivity index (χ3v) is 7.16. The Morgan fingerprint density at radius 2 is 1.39 bits per heavy atom. The van der Waals surface area contributed by atoms with Crippen molar-refractivity contribution in [2.24, 2.45) is 11.8 Å². The van der Waals surface area contributed by atoms with Crippen molar-refractivity contribution >= 4 is 17.9 Å². The highest BCUT2D eigenvalue weighted by atomic mass is 16.6. The lowest BCUT2D eigenvalue weighted by Gasteiger charge is -2.29. The van der Waals surface area contributed by atoms with E-state index < -0.39 is 47.6 Å². The fourth-order valence-corrected chi connectivity index (χ4v) is 4.91. The molecule has 0 aliphatic rings. The van der Waals surface area contributed by atoms with Gasteiger partial charge in [0.15, 0.2) is 0 Å². The van der Waals surface area contributed by atoms with E-state index in [0.717, 1.165) is 16.7 Å². The van der Waals surface area contributed by atoms with Gasteiger partial charge in [0.1, 0.15) is 5.60 Å². The number of pyridine rings is 1. The lowest BCUT2D eigenvalue weighted by Crippen LogP contribution is -2.51. The van der Waals surface area contributed by atoms with Gasteiger partial charge in [-0.3, -0.25) is 19.9 Å². The molecule has 0 saturated carbocycles. The molecule has 1 unspecified atom stereocenters. The minimum Gasteiger partial charge on any atom is -0.444 e. The van der Waals surface area contributed by atoms with Gasteiger partial charge in [0.2, 0.25) is 11.8 Å². The number of carbonyl (C=O) groups is 3. The second-order valence-electron chi connectivity index (χ2n) is 12.4. The molecule has 0 radical (unpaired) electrons. The maximum absolute atomic E-state index is 13.7. The highest BCUT2D eigenvalue weighted by molar-refractivity contribution is 5.98. The molecule has 2 aromatic carbocycles. The Labute approximate surface area is 260 Å². The lowest BCUT2D eigenvalue weighted by atomic mass is 9.88. The van der Waals surface area contributed by atoms with Gasteiger partial charge in [0.05, 0.1) is 18.2 Å². The van der Waals surface area contributed by atoms with E-state index >= 15 is 0 Å². The van der Waals surface area contributed by atoms with E-state index in [1.165, 1.54) is 0 Å². The van der Waals surface area contributed by atoms with Crippen LogP contribution in [0.4, 0.5) is 4.79 Å². The average molecular weight is 603 g/mol. The number of hydrogen-bond donors (Lipinski definition) is 4. The summed E-state index contributed by atoms with van der Waals surface area (Å²) in [6, 6.07) is 21.3. The van der Waals surface area contributed by atoms with Crippen LogP contribution in [0, 0.1) is 11.8 Å². The number of imide groups is 1. The Bertz CT molecular complexity index is 1310. The number of aliphatic hydroxyl groups is 1. The van der Waals surface area contributed by atoms with Crippen molar-refractivity contribution in [3.63, 3.8) is 0 Å². The van der Waals surface area contributed by atoms with Gasteiger partial charge in [-0.25, -0.2) is 4.79 Å². The summed E-state index contributed by atoms with van der Waals surface area (Å²) < 4.78 is 5.46. The molecule has 0 saturated heterocycles. The maximum Gasteiger partial charge on any atom is 0.407 e. The second kappa shape index (κ2) is 16.7. The van der Waals surface area contributed by atoms with Crippen LogP contribution in [0.5, 0.6) is 0 Å². The Hall–Kier alpha value is -4.08. The van der Waals surface area contributed by atoms with Crippen LogP contribution in [0.2, 0.25) is 0 Å². The van der Waals surface area contributed by atoms with E-state index in [9.17, 15) is 19.5 Å². The molecule has 3 aromatic rings. The third kappa shape index (κ3) is 11.9. The van der Waals surface area contributed by atoms with Crippen LogP contribution in [-0.4, -0.2) is 51.8 Å². The van der Waals surface area contributed by atoms with E-state index in [-0.39, 0.29) is 12.3 Å². The number of amides is 3. The largest absolute Gasteiger partial charge is 0.444 e. The molecule has 4 atom stereocenters. The smallest absolute Gasteiger partial charge is 0.407 e. The number of benzene rings is 2. The summed E-state index contributed by atoms with van der Waals surface area (Å²) in [6.07, 6.45) is 2.25. The molecule has 236 valence electrons. The van der Waals surface area contributed by atoms with Crippen molar-refractivity contribution in [2.45, 2.75) is 84.2 Å². The van der Waals surface area contributed by atoms with E-state index in [1.807, 2.05) is 86.6 Å². The van der Waals surface area contributed by atoms with Gasteiger partial charge in [0, 0.05) is 24.9 Å². The van der Waals surface area contributed by atoms with Gasteiger partial charge in [-0.15, -0.1) is 0 Å². The quantitative estimate of drug-likeness (QED) is 0.213. The first-order valence-electron chi connectivity index (χ1n) is 15.1. The number of nitrogens with zero attached hydrogens (tertiary/aromatic N) is 1. The first-order valence-corrected chi connectivity index (χ1v) is 15.1. The van der Waals surface area contributed by atoms with Crippen LogP contribution in [0.3, 0.4) is 0 Å². The van der Waals surface area contributed by atoms with Gasteiger partial charge < -0.3 is 20.5 Å². The van der Waals surface area contributed by atoms with Crippen LogP contribution < -0.4 is 16.0 Å². The topological polar surface area (TPSA) is 130 Å². The molecule has 0 spiro atoms. The zero-order valence-electron chi connectivity index (χ0n) is 26.3. The van der Waals surface area contributed by atoms with Crippen LogP contribution >= 0.6 is 0 Å². The molecule has 3 amide bonds. The van der Waals surface area contributed by atoms with Gasteiger partial charge in [-0.1, -0.05) is 74.5 Å². The lowest BCUT2D eigenvalue weighted by molar-refractivity contribution is -0.135. The van der Waals surface area contributed by atoms with Gasteiger partial charge >= 0.3 is 6.09 Å². The van der Waals surface area contributed by atoms with Crippen molar-refractivity contribution in [3.8, 4) is 0 Å². The number of carbonyl (C=O) groups excluding carboxylic acids is 3. The normalized spacial score (nSPS) is 14.2. The summed E-state index contributed by atoms with van der Waals surface area (Å²) in [7, 11) is 0. The fraction of sp³-hybridized carbons (Fsp3) is 0.429. The Balaban J connectivity index is 1.78. The van der Waals surface area contributed by atoms with E-state index in [4.69, 9.17) is 4.74 Å². The minimum atomic E-state index is -1.11. The van der Waals surface area contributed by atoms with Crippen molar-refractivity contribution in [1.29, 1.82) is 0 Å². The van der Waals surface area contributed by atoms with Crippen LogP contribution in [-0.2, 0) is 33.7 Å². The zero-order chi connectivity index (χ0) is 32.1. The fourth-order valence-electron chi connectivity index (χ4n) is 4.91. The predicted molar refractivity (Wildman–Crippen MR) is 170 cm³/mol. The molecule has 0 aliphatic heterocycles. The molecule has 9 nitrogen and oxygen atoms in total. The molecule has 1 heterocycles. The molecule has 0 fully saturated rings. The van der Waals surface area contributed by atoms with Gasteiger partial charge in [-0.2, -0.15) is 0 Å². The molecule has 9 heteroatoms. The number of rotatable bonds is 14. The van der Waals surface area contributed by atoms with Crippen LogP contribution in [0.15, 0.2) is 85.2 Å². The summed E-state index contributed by atoms with van der Waals surface area (Å²) >= 11 is 0. The molecule has 0 bridgehead atoms. The molecule has 44 heavy (non-hydrogen) atoms. The van der Waals surface area contributed by atoms with Crippen molar-refractivity contribution in [2.75, 3.05) is 0 Å². The Morgan fingerprint density at radius 3 is 1.93 bits per heavy atom. The summed E-state index contributed by atoms with van der Waals surface area (Å²) in [5.41, 5.74) is 2.05. The van der Waals surface area contributed by atoms with Gasteiger partial charge in [-0.05, 0) is 74.8 Å². The molecule has 0 aliphatic carbocycles. The Morgan fingerprint density at radius 1 is 0.818 bits per heavy atom. The summed E-state index contributed by atoms with van der Waals surface area (Å²) in [5.74, 6) is -1.75. The third-order valence-electron chi connectivity index (χ3n) is 7.16. The van der Waals surface area contributed by atoms with E-state index in [2.05, 4.69) is 20.9 Å². The first kappa shape index (κ1) is 34.4. The Kier molecular flexibility index (Phi) is 13.0. The van der Waals surface area contributed by atoms with Crippen molar-refractivity contribution in [1.82, 2.24) is 20.9 Å². The monoisotopic (exact) mass is 602 g/mol. The standard InChI is InChI=1S/C35H46N4O5/c1-24(2)31(37-23-27-16-18-36-19-17-27)33(42)39-32(41)28(20-25-12-8-6-9-13-25)22-30(40)29(21-26-14-10-7-11-15-26)38-34(43)44-35(3,4)5/h6-19,24,28-31,37,40H,20-23H2,1-5H3,(H,38,43)(H,39,41,42)/t28?,29-,30-,31+/m0/s1. The van der Waals surface area contributed by atoms with Crippen LogP contribution in [0.1, 0.15) is 57.7 Å². The SMILES string of the molecule is CC(C)[C@@H](NCc1ccncc1)C(=O)NC(=O)C(Cc1ccccc1)C[C@H](O)[C@H](Cc1ccccc1)NC(=O)OC(C)(C)C. The first-order chi connectivity index (χ1) is 20.9. The summed E-state index contributed by atoms with van der Waals surface area (Å²) in [4.78, 5) is 43.8. The number of ether oxygens (including phenoxy) is 1. The van der Waals surface area contributed by atoms with E-state index in [1.54, 1.807) is 33.2 Å². The summed E-state index contributed by atoms with van der Waals surface area (Å²) in [5, 5.41) is 20.2. The minimum absolute atomic E-state index is 0.0120. The molecule has 1 aromatic heterocycles. The predicted octanol–water partition coefficient (Wildman–Crippen LogP) is 4.58. The number of alkyl carbamates (subject to hydrolysis) is 1. The molecular formula is C35H46N4O5. The number of aliphatic hydroxyl groups excluding tert-OH is 1. The van der Waals surface area contributed by atoms with Crippen molar-refractivity contribution in [3.05, 3.63) is 102 Å². The van der Waals surface area contributed by atoms with Crippen LogP contribution in [0.25, 0.3) is 0 Å². The number of aromatic nitrogens is 1. The summed E-state index contributed by atoms with van der Waals surface area (Å²) in [6.45, 7) is 9.57. The van der Waals surface area contributed by atoms with E-state index in [0.29, 0.717) is 19.4 Å². The zero-order valence-corrected chi connectivity index (χ0v) is 26.3. The highest BCUT2D eigenvalue weighted by Gasteiger charge is 2.32. The van der Waals surface area contributed by atoms with Gasteiger partial charge in [0.25, 0.3) is 0 Å². The molecule has 3 rings (SSSR count). The number of nitrogens with one attached hydrogen (secondary N) is 3. The highest BCUT2D eigenvalue weighted by Crippen LogP contribution is 2.20. The molecular weight excluding hydrogens is 556 g/mol.